The molecule has 29 heavy (non-hydrogen) atoms. The lowest BCUT2D eigenvalue weighted by molar-refractivity contribution is -0.122. The van der Waals surface area contributed by atoms with Gasteiger partial charge in [0.15, 0.2) is 0 Å². The zero-order valence-electron chi connectivity index (χ0n) is 15.6. The molecular formula is C19H18F2N6O2. The molecule has 1 aliphatic rings. The minimum Gasteiger partial charge on any atom is -0.300 e. The third-order valence-corrected chi connectivity index (χ3v) is 4.97. The van der Waals surface area contributed by atoms with Crippen LogP contribution >= 0.6 is 0 Å². The molecular weight excluding hydrogens is 382 g/mol. The molecule has 0 fully saturated rings. The van der Waals surface area contributed by atoms with E-state index in [9.17, 15) is 18.4 Å². The molecule has 0 saturated heterocycles. The lowest BCUT2D eigenvalue weighted by Crippen LogP contribution is -2.33. The van der Waals surface area contributed by atoms with Crippen molar-refractivity contribution in [2.24, 2.45) is 5.92 Å². The number of amides is 1. The number of hydrogen-bond acceptors (Lipinski definition) is 5. The number of nitrogens with zero attached hydrogens (tertiary/aromatic N) is 6. The number of aryl methyl sites for hydroxylation is 1. The molecule has 3 heterocycles. The van der Waals surface area contributed by atoms with Crippen LogP contribution in [0.1, 0.15) is 29.0 Å². The molecule has 2 aromatic heterocycles. The Hall–Kier alpha value is -3.43. The number of halogens is 2. The van der Waals surface area contributed by atoms with Gasteiger partial charge in [-0.2, -0.15) is 5.10 Å². The van der Waals surface area contributed by atoms with E-state index < -0.39 is 17.6 Å². The number of aromatic nitrogens is 5. The summed E-state index contributed by atoms with van der Waals surface area (Å²) in [6, 6.07) is 5.01. The monoisotopic (exact) mass is 400 g/mol. The van der Waals surface area contributed by atoms with Gasteiger partial charge in [0.1, 0.15) is 23.8 Å². The molecule has 1 aliphatic heterocycles. The molecule has 0 bridgehead atoms. The second-order valence-corrected chi connectivity index (χ2v) is 6.92. The first-order valence-electron chi connectivity index (χ1n) is 9.08. The highest BCUT2D eigenvalue weighted by atomic mass is 19.1. The molecule has 150 valence electrons. The van der Waals surface area contributed by atoms with Crippen molar-refractivity contribution in [2.75, 3.05) is 11.9 Å². The summed E-state index contributed by atoms with van der Waals surface area (Å²) in [4.78, 5) is 30.8. The average molecular weight is 400 g/mol. The number of benzene rings is 1. The van der Waals surface area contributed by atoms with Gasteiger partial charge in [-0.05, 0) is 12.5 Å². The summed E-state index contributed by atoms with van der Waals surface area (Å²) >= 11 is 0. The van der Waals surface area contributed by atoms with Crippen LogP contribution < -0.4 is 4.90 Å². The normalized spacial score (nSPS) is 16.6. The fraction of sp³-hybridized carbons (Fsp3) is 0.316. The van der Waals surface area contributed by atoms with Crippen LogP contribution in [0.4, 0.5) is 14.6 Å². The van der Waals surface area contributed by atoms with Gasteiger partial charge >= 0.3 is 0 Å². The standard InChI is InChI=1S/C19H18F2N6O2/c1-25-17-4-6-23-27(17)7-5-12(19(25)29)8-16(28)18-22-11-26(24-18)10-13-2-3-14(20)9-15(13)21/h2-4,6,9,11-12H,5,7-8,10H2,1H3/t12-/m1/s1. The highest BCUT2D eigenvalue weighted by molar-refractivity contribution is 6.00. The molecule has 0 unspecified atom stereocenters. The van der Waals surface area contributed by atoms with Gasteiger partial charge in [0.2, 0.25) is 17.5 Å². The number of fused-ring (bicyclic) bond motifs is 1. The van der Waals surface area contributed by atoms with E-state index in [0.717, 1.165) is 12.1 Å². The minimum atomic E-state index is -0.696. The Labute approximate surface area is 164 Å². The van der Waals surface area contributed by atoms with Crippen molar-refractivity contribution in [2.45, 2.75) is 25.9 Å². The van der Waals surface area contributed by atoms with Gasteiger partial charge in [0.05, 0.1) is 12.7 Å². The summed E-state index contributed by atoms with van der Waals surface area (Å²) in [7, 11) is 1.66. The van der Waals surface area contributed by atoms with Crippen molar-refractivity contribution >= 4 is 17.5 Å². The summed E-state index contributed by atoms with van der Waals surface area (Å²) in [6.45, 7) is 0.542. The van der Waals surface area contributed by atoms with E-state index in [2.05, 4.69) is 15.2 Å². The Balaban J connectivity index is 1.44. The summed E-state index contributed by atoms with van der Waals surface area (Å²) < 4.78 is 29.8. The third-order valence-electron chi connectivity index (χ3n) is 4.97. The molecule has 0 radical (unpaired) electrons. The van der Waals surface area contributed by atoms with Crippen molar-refractivity contribution in [3.05, 3.63) is 59.8 Å². The Bertz CT molecular complexity index is 1080. The number of Topliss-reactive ketones (excluding diaryl/α,β-unsaturated/α-hetero) is 1. The van der Waals surface area contributed by atoms with Crippen LogP contribution in [0.3, 0.4) is 0 Å². The Morgan fingerprint density at radius 2 is 2.10 bits per heavy atom. The highest BCUT2D eigenvalue weighted by Gasteiger charge is 2.31. The smallest absolute Gasteiger partial charge is 0.231 e. The summed E-state index contributed by atoms with van der Waals surface area (Å²) in [5.41, 5.74) is 0.227. The van der Waals surface area contributed by atoms with Crippen molar-refractivity contribution in [1.82, 2.24) is 24.5 Å². The minimum absolute atomic E-state index is 0.0125. The van der Waals surface area contributed by atoms with Crippen LogP contribution in [0.2, 0.25) is 0 Å². The first-order valence-corrected chi connectivity index (χ1v) is 9.08. The Kier molecular flexibility index (Phi) is 4.91. The number of rotatable bonds is 5. The van der Waals surface area contributed by atoms with Crippen LogP contribution in [0.25, 0.3) is 0 Å². The van der Waals surface area contributed by atoms with E-state index in [1.54, 1.807) is 24.0 Å². The first kappa shape index (κ1) is 18.9. The number of carbonyl (C=O) groups is 2. The van der Waals surface area contributed by atoms with Crippen LogP contribution in [-0.2, 0) is 17.9 Å². The SMILES string of the molecule is CN1C(=O)[C@@H](CC(=O)c2ncn(Cc3ccc(F)cc3F)n2)CCn2nccc21. The van der Waals surface area contributed by atoms with Gasteiger partial charge in [-0.25, -0.2) is 23.1 Å². The van der Waals surface area contributed by atoms with Crippen molar-refractivity contribution in [3.63, 3.8) is 0 Å². The number of hydrogen-bond donors (Lipinski definition) is 0. The predicted molar refractivity (Wildman–Crippen MR) is 98.2 cm³/mol. The lowest BCUT2D eigenvalue weighted by atomic mass is 9.97. The molecule has 0 aliphatic carbocycles. The maximum Gasteiger partial charge on any atom is 0.231 e. The molecule has 0 spiro atoms. The molecule has 8 nitrogen and oxygen atoms in total. The zero-order chi connectivity index (χ0) is 20.5. The number of ketones is 1. The van der Waals surface area contributed by atoms with Crippen LogP contribution in [0, 0.1) is 17.6 Å². The number of anilines is 1. The lowest BCUT2D eigenvalue weighted by Gasteiger charge is -2.18. The quantitative estimate of drug-likeness (QED) is 0.612. The van der Waals surface area contributed by atoms with Gasteiger partial charge in [0.25, 0.3) is 0 Å². The molecule has 0 N–H and O–H groups in total. The fourth-order valence-corrected chi connectivity index (χ4v) is 3.40. The second-order valence-electron chi connectivity index (χ2n) is 6.92. The summed E-state index contributed by atoms with van der Waals surface area (Å²) in [6.07, 6.45) is 3.39. The van der Waals surface area contributed by atoms with Crippen molar-refractivity contribution in [1.29, 1.82) is 0 Å². The molecule has 1 aromatic carbocycles. The van der Waals surface area contributed by atoms with E-state index in [1.807, 2.05) is 0 Å². The van der Waals surface area contributed by atoms with Crippen LogP contribution in [0.5, 0.6) is 0 Å². The number of carbonyl (C=O) groups excluding carboxylic acids is 2. The van der Waals surface area contributed by atoms with Gasteiger partial charge in [-0.15, -0.1) is 5.10 Å². The molecule has 3 aromatic rings. The van der Waals surface area contributed by atoms with E-state index in [-0.39, 0.29) is 36.0 Å². The molecule has 0 saturated carbocycles. The van der Waals surface area contributed by atoms with Gasteiger partial charge in [0, 0.05) is 43.6 Å². The predicted octanol–water partition coefficient (Wildman–Crippen LogP) is 2.06. The van der Waals surface area contributed by atoms with Crippen LogP contribution in [0.15, 0.2) is 36.8 Å². The Morgan fingerprint density at radius 1 is 1.28 bits per heavy atom. The van der Waals surface area contributed by atoms with Gasteiger partial charge in [-0.1, -0.05) is 6.07 Å². The third kappa shape index (κ3) is 3.78. The average Bonchev–Trinajstić information content (AvgIpc) is 3.33. The van der Waals surface area contributed by atoms with Crippen molar-refractivity contribution < 1.29 is 18.4 Å². The maximum absolute atomic E-state index is 13.8. The maximum atomic E-state index is 13.8. The summed E-state index contributed by atoms with van der Waals surface area (Å²) in [5.74, 6) is -1.74. The molecule has 1 atom stereocenters. The molecule has 4 rings (SSSR count). The molecule has 1 amide bonds. The topological polar surface area (TPSA) is 85.9 Å². The van der Waals surface area contributed by atoms with Crippen molar-refractivity contribution in [3.8, 4) is 0 Å². The summed E-state index contributed by atoms with van der Waals surface area (Å²) in [5, 5.41) is 8.27. The first-order chi connectivity index (χ1) is 13.9. The highest BCUT2D eigenvalue weighted by Crippen LogP contribution is 2.25. The van der Waals surface area contributed by atoms with E-state index in [4.69, 9.17) is 0 Å². The largest absolute Gasteiger partial charge is 0.300 e. The van der Waals surface area contributed by atoms with E-state index >= 15 is 0 Å². The van der Waals surface area contributed by atoms with E-state index in [1.165, 1.54) is 22.0 Å². The van der Waals surface area contributed by atoms with E-state index in [0.29, 0.717) is 18.8 Å². The zero-order valence-corrected chi connectivity index (χ0v) is 15.6. The fourth-order valence-electron chi connectivity index (χ4n) is 3.40. The molecule has 10 heteroatoms. The Morgan fingerprint density at radius 3 is 2.90 bits per heavy atom. The second kappa shape index (κ2) is 7.53. The van der Waals surface area contributed by atoms with Gasteiger partial charge in [-0.3, -0.25) is 14.5 Å². The van der Waals surface area contributed by atoms with Crippen LogP contribution in [-0.4, -0.2) is 43.3 Å². The van der Waals surface area contributed by atoms with Gasteiger partial charge < -0.3 is 0 Å².